The van der Waals surface area contributed by atoms with E-state index in [1.54, 1.807) is 6.07 Å². The van der Waals surface area contributed by atoms with Crippen LogP contribution in [0.4, 0.5) is 0 Å². The van der Waals surface area contributed by atoms with Crippen molar-refractivity contribution in [3.05, 3.63) is 64.1 Å². The van der Waals surface area contributed by atoms with Crippen LogP contribution in [-0.2, 0) is 14.8 Å². The largest absolute Gasteiger partial charge is 0.371 e. The second-order valence-corrected chi connectivity index (χ2v) is 7.96. The Balaban J connectivity index is 1.90. The van der Waals surface area contributed by atoms with Gasteiger partial charge >= 0.3 is 0 Å². The van der Waals surface area contributed by atoms with Crippen LogP contribution in [0.15, 0.2) is 53.4 Å². The molecule has 1 aliphatic heterocycles. The van der Waals surface area contributed by atoms with E-state index in [2.05, 4.69) is 0 Å². The van der Waals surface area contributed by atoms with Crippen molar-refractivity contribution in [2.75, 3.05) is 19.7 Å². The summed E-state index contributed by atoms with van der Waals surface area (Å²) in [6, 6.07) is 14.0. The predicted molar refractivity (Wildman–Crippen MR) is 90.4 cm³/mol. The van der Waals surface area contributed by atoms with Crippen LogP contribution in [0.3, 0.4) is 0 Å². The summed E-state index contributed by atoms with van der Waals surface area (Å²) in [6.07, 6.45) is -0.294. The molecule has 1 saturated heterocycles. The van der Waals surface area contributed by atoms with Gasteiger partial charge in [-0.15, -0.1) is 0 Å². The minimum absolute atomic E-state index is 0.0281. The average Bonchev–Trinajstić information content (AvgIpc) is 2.58. The lowest BCUT2D eigenvalue weighted by atomic mass is 10.1. The Kier molecular flexibility index (Phi) is 4.94. The molecule has 0 spiro atoms. The van der Waals surface area contributed by atoms with Crippen molar-refractivity contribution in [3.8, 4) is 0 Å². The maximum Gasteiger partial charge on any atom is 0.244 e. The van der Waals surface area contributed by atoms with Gasteiger partial charge in [0.1, 0.15) is 4.90 Å². The highest BCUT2D eigenvalue weighted by molar-refractivity contribution is 7.89. The summed E-state index contributed by atoms with van der Waals surface area (Å²) in [7, 11) is -3.72. The predicted octanol–water partition coefficient (Wildman–Crippen LogP) is 3.76. The molecule has 2 aromatic carbocycles. The number of hydrogen-bond acceptors (Lipinski definition) is 3. The molecule has 0 aromatic heterocycles. The van der Waals surface area contributed by atoms with Crippen LogP contribution >= 0.6 is 23.2 Å². The van der Waals surface area contributed by atoms with Crippen molar-refractivity contribution in [2.24, 2.45) is 0 Å². The minimum Gasteiger partial charge on any atom is -0.371 e. The number of nitrogens with zero attached hydrogens (tertiary/aromatic N) is 1. The SMILES string of the molecule is O=S(=O)(c1cc(Cl)ccc1Cl)N1CCO[C@@H](c2ccccc2)C1. The van der Waals surface area contributed by atoms with Gasteiger partial charge in [0.15, 0.2) is 0 Å². The first kappa shape index (κ1) is 16.7. The van der Waals surface area contributed by atoms with Crippen molar-refractivity contribution in [1.29, 1.82) is 0 Å². The van der Waals surface area contributed by atoms with Crippen LogP contribution in [0.2, 0.25) is 10.0 Å². The summed E-state index contributed by atoms with van der Waals surface area (Å²) in [6.45, 7) is 0.862. The number of benzene rings is 2. The third-order valence-electron chi connectivity index (χ3n) is 3.71. The first-order chi connectivity index (χ1) is 11.0. The summed E-state index contributed by atoms with van der Waals surface area (Å²) in [5.74, 6) is 0. The van der Waals surface area contributed by atoms with E-state index in [1.807, 2.05) is 30.3 Å². The molecular weight excluding hydrogens is 357 g/mol. The summed E-state index contributed by atoms with van der Waals surface area (Å²) >= 11 is 12.0. The molecule has 122 valence electrons. The Morgan fingerprint density at radius 1 is 1.09 bits per heavy atom. The van der Waals surface area contributed by atoms with Gasteiger partial charge in [-0.2, -0.15) is 4.31 Å². The number of morpholine rings is 1. The molecule has 0 radical (unpaired) electrons. The van der Waals surface area contributed by atoms with E-state index in [4.69, 9.17) is 27.9 Å². The fourth-order valence-electron chi connectivity index (χ4n) is 2.53. The van der Waals surface area contributed by atoms with Crippen molar-refractivity contribution < 1.29 is 13.2 Å². The van der Waals surface area contributed by atoms with E-state index < -0.39 is 10.0 Å². The lowest BCUT2D eigenvalue weighted by Crippen LogP contribution is -2.42. The number of halogens is 2. The van der Waals surface area contributed by atoms with Gasteiger partial charge in [0.25, 0.3) is 0 Å². The highest BCUT2D eigenvalue weighted by atomic mass is 35.5. The molecule has 0 bridgehead atoms. The van der Waals surface area contributed by atoms with E-state index in [-0.39, 0.29) is 29.1 Å². The Labute approximate surface area is 145 Å². The maximum atomic E-state index is 12.9. The number of hydrogen-bond donors (Lipinski definition) is 0. The lowest BCUT2D eigenvalue weighted by Gasteiger charge is -2.32. The second kappa shape index (κ2) is 6.79. The molecule has 7 heteroatoms. The Morgan fingerprint density at radius 2 is 1.83 bits per heavy atom. The molecule has 1 atom stereocenters. The van der Waals surface area contributed by atoms with Crippen LogP contribution < -0.4 is 0 Å². The smallest absolute Gasteiger partial charge is 0.244 e. The molecule has 1 heterocycles. The van der Waals surface area contributed by atoms with Gasteiger partial charge < -0.3 is 4.74 Å². The van der Waals surface area contributed by atoms with Crippen molar-refractivity contribution in [1.82, 2.24) is 4.31 Å². The molecule has 0 saturated carbocycles. The molecule has 2 aromatic rings. The van der Waals surface area contributed by atoms with Crippen molar-refractivity contribution in [2.45, 2.75) is 11.0 Å². The third-order valence-corrected chi connectivity index (χ3v) is 6.29. The van der Waals surface area contributed by atoms with Gasteiger partial charge in [-0.05, 0) is 23.8 Å². The molecule has 0 unspecified atom stereocenters. The third kappa shape index (κ3) is 3.54. The standard InChI is InChI=1S/C16H15Cl2NO3S/c17-13-6-7-14(18)16(10-13)23(20,21)19-8-9-22-15(11-19)12-4-2-1-3-5-12/h1-7,10,15H,8-9,11H2/t15-/m1/s1. The van der Waals surface area contributed by atoms with Crippen LogP contribution in [0.1, 0.15) is 11.7 Å². The number of sulfonamides is 1. The first-order valence-corrected chi connectivity index (χ1v) is 9.30. The Bertz CT molecular complexity index is 796. The molecular formula is C16H15Cl2NO3S. The number of ether oxygens (including phenoxy) is 1. The molecule has 0 aliphatic carbocycles. The maximum absolute atomic E-state index is 12.9. The zero-order valence-electron chi connectivity index (χ0n) is 12.2. The van der Waals surface area contributed by atoms with E-state index in [9.17, 15) is 8.42 Å². The molecule has 1 fully saturated rings. The zero-order chi connectivity index (χ0) is 16.4. The highest BCUT2D eigenvalue weighted by Crippen LogP contribution is 2.31. The second-order valence-electron chi connectivity index (χ2n) is 5.21. The average molecular weight is 372 g/mol. The highest BCUT2D eigenvalue weighted by Gasteiger charge is 2.32. The zero-order valence-corrected chi connectivity index (χ0v) is 14.5. The fourth-order valence-corrected chi connectivity index (χ4v) is 4.69. The summed E-state index contributed by atoms with van der Waals surface area (Å²) in [5, 5.41) is 0.498. The quantitative estimate of drug-likeness (QED) is 0.824. The Morgan fingerprint density at radius 3 is 2.57 bits per heavy atom. The minimum atomic E-state index is -3.72. The van der Waals surface area contributed by atoms with E-state index >= 15 is 0 Å². The van der Waals surface area contributed by atoms with Gasteiger partial charge in [0.05, 0.1) is 17.7 Å². The molecule has 4 nitrogen and oxygen atoms in total. The van der Waals surface area contributed by atoms with E-state index in [0.29, 0.717) is 11.6 Å². The summed E-state index contributed by atoms with van der Waals surface area (Å²) in [5.41, 5.74) is 0.949. The van der Waals surface area contributed by atoms with Gasteiger partial charge in [-0.25, -0.2) is 8.42 Å². The molecule has 1 aliphatic rings. The molecule has 0 amide bonds. The fraction of sp³-hybridized carbons (Fsp3) is 0.250. The summed E-state index contributed by atoms with van der Waals surface area (Å²) < 4.78 is 32.8. The van der Waals surface area contributed by atoms with E-state index in [1.165, 1.54) is 16.4 Å². The van der Waals surface area contributed by atoms with Crippen LogP contribution in [0.5, 0.6) is 0 Å². The summed E-state index contributed by atoms with van der Waals surface area (Å²) in [4.78, 5) is 0.0281. The van der Waals surface area contributed by atoms with E-state index in [0.717, 1.165) is 5.56 Å². The molecule has 3 rings (SSSR count). The first-order valence-electron chi connectivity index (χ1n) is 7.10. The monoisotopic (exact) mass is 371 g/mol. The van der Waals surface area contributed by atoms with Gasteiger partial charge in [0.2, 0.25) is 10.0 Å². The van der Waals surface area contributed by atoms with Crippen molar-refractivity contribution in [3.63, 3.8) is 0 Å². The van der Waals surface area contributed by atoms with Crippen LogP contribution in [0.25, 0.3) is 0 Å². The lowest BCUT2D eigenvalue weighted by molar-refractivity contribution is -0.00255. The molecule has 23 heavy (non-hydrogen) atoms. The van der Waals surface area contributed by atoms with Crippen LogP contribution in [-0.4, -0.2) is 32.4 Å². The van der Waals surface area contributed by atoms with Gasteiger partial charge in [-0.1, -0.05) is 53.5 Å². The normalized spacial score (nSPS) is 19.7. The van der Waals surface area contributed by atoms with Gasteiger partial charge in [-0.3, -0.25) is 0 Å². The topological polar surface area (TPSA) is 46.6 Å². The molecule has 0 N–H and O–H groups in total. The van der Waals surface area contributed by atoms with Crippen LogP contribution in [0, 0.1) is 0 Å². The van der Waals surface area contributed by atoms with Crippen molar-refractivity contribution >= 4 is 33.2 Å². The number of rotatable bonds is 3. The Hall–Kier alpha value is -1.11. The van der Waals surface area contributed by atoms with Gasteiger partial charge in [0, 0.05) is 18.1 Å².